The van der Waals surface area contributed by atoms with Crippen molar-refractivity contribution < 1.29 is 0 Å². The predicted molar refractivity (Wildman–Crippen MR) is 84.6 cm³/mol. The Labute approximate surface area is 115 Å². The van der Waals surface area contributed by atoms with E-state index < -0.39 is 0 Å². The van der Waals surface area contributed by atoms with Crippen molar-refractivity contribution in [2.75, 3.05) is 0 Å². The highest BCUT2D eigenvalue weighted by molar-refractivity contribution is 4.94. The molecule has 0 aromatic heterocycles. The Morgan fingerprint density at radius 2 is 1.22 bits per heavy atom. The van der Waals surface area contributed by atoms with E-state index >= 15 is 0 Å². The number of unbranched alkanes of at least 4 members (excludes halogenated alkanes) is 6. The Hall–Kier alpha value is -0.780. The lowest BCUT2D eigenvalue weighted by Gasteiger charge is -1.91. The van der Waals surface area contributed by atoms with E-state index in [-0.39, 0.29) is 0 Å². The first kappa shape index (κ1) is 17.2. The molecule has 0 atom stereocenters. The molecule has 0 heteroatoms. The number of hydrogen-bond acceptors (Lipinski definition) is 0. The van der Waals surface area contributed by atoms with Crippen LogP contribution in [0.2, 0.25) is 0 Å². The van der Waals surface area contributed by atoms with Crippen molar-refractivity contribution in [1.29, 1.82) is 0 Å². The van der Waals surface area contributed by atoms with E-state index in [0.717, 1.165) is 12.8 Å². The van der Waals surface area contributed by atoms with E-state index in [1.54, 1.807) is 0 Å². The van der Waals surface area contributed by atoms with E-state index in [0.29, 0.717) is 0 Å². The molecule has 0 amide bonds. The van der Waals surface area contributed by atoms with Crippen molar-refractivity contribution in [3.05, 3.63) is 43.4 Å². The van der Waals surface area contributed by atoms with Crippen LogP contribution < -0.4 is 0 Å². The van der Waals surface area contributed by atoms with E-state index in [9.17, 15) is 0 Å². The molecule has 0 aliphatic heterocycles. The smallest absolute Gasteiger partial charge is 0.0169 e. The summed E-state index contributed by atoms with van der Waals surface area (Å²) in [4.78, 5) is 0. The molecule has 0 rings (SSSR count). The molecule has 18 heavy (non-hydrogen) atoms. The Morgan fingerprint density at radius 1 is 0.667 bits per heavy atom. The molecule has 0 nitrogen and oxygen atoms in total. The quantitative estimate of drug-likeness (QED) is 0.276. The fourth-order valence-corrected chi connectivity index (χ4v) is 1.71. The van der Waals surface area contributed by atoms with Gasteiger partial charge < -0.3 is 0 Å². The molecular weight excluding hydrogens is 216 g/mol. The molecule has 0 unspecified atom stereocenters. The van der Waals surface area contributed by atoms with Crippen LogP contribution in [0, 0.1) is 6.92 Å². The summed E-state index contributed by atoms with van der Waals surface area (Å²) in [5, 5.41) is 0. The highest BCUT2D eigenvalue weighted by Crippen LogP contribution is 2.01. The van der Waals surface area contributed by atoms with Gasteiger partial charge in [0.05, 0.1) is 0 Å². The van der Waals surface area contributed by atoms with Crippen LogP contribution in [-0.2, 0) is 0 Å². The fraction of sp³-hybridized carbons (Fsp3) is 0.611. The van der Waals surface area contributed by atoms with Crippen molar-refractivity contribution in [2.45, 2.75) is 71.1 Å². The minimum absolute atomic E-state index is 1.05. The van der Waals surface area contributed by atoms with E-state index in [2.05, 4.69) is 50.3 Å². The zero-order valence-electron chi connectivity index (χ0n) is 12.2. The van der Waals surface area contributed by atoms with Crippen LogP contribution in [0.3, 0.4) is 0 Å². The first-order chi connectivity index (χ1) is 8.91. The van der Waals surface area contributed by atoms with Crippen molar-refractivity contribution in [3.63, 3.8) is 0 Å². The molecule has 0 heterocycles. The third-order valence-corrected chi connectivity index (χ3v) is 2.87. The van der Waals surface area contributed by atoms with Gasteiger partial charge in [-0.15, -0.1) is 0 Å². The Balaban J connectivity index is 3.25. The maximum absolute atomic E-state index is 3.83. The summed E-state index contributed by atoms with van der Waals surface area (Å²) in [6.45, 7) is 6.08. The number of rotatable bonds is 12. The Morgan fingerprint density at radius 3 is 1.89 bits per heavy atom. The molecule has 0 aromatic carbocycles. The van der Waals surface area contributed by atoms with Gasteiger partial charge in [0.1, 0.15) is 0 Å². The maximum Gasteiger partial charge on any atom is -0.0169 e. The fourth-order valence-electron chi connectivity index (χ4n) is 1.71. The minimum Gasteiger partial charge on any atom is -0.0885 e. The van der Waals surface area contributed by atoms with E-state index in [4.69, 9.17) is 0 Å². The van der Waals surface area contributed by atoms with Crippen molar-refractivity contribution in [3.8, 4) is 0 Å². The molecule has 0 fully saturated rings. The van der Waals surface area contributed by atoms with Crippen molar-refractivity contribution >= 4 is 0 Å². The lowest BCUT2D eigenvalue weighted by molar-refractivity contribution is 0.728. The summed E-state index contributed by atoms with van der Waals surface area (Å²) < 4.78 is 0. The Bertz CT molecular complexity index is 220. The van der Waals surface area contributed by atoms with Crippen molar-refractivity contribution in [1.82, 2.24) is 0 Å². The number of hydrogen-bond donors (Lipinski definition) is 0. The van der Waals surface area contributed by atoms with Gasteiger partial charge in [-0.25, -0.2) is 0 Å². The minimum atomic E-state index is 1.05. The van der Waals surface area contributed by atoms with Gasteiger partial charge in [-0.2, -0.15) is 0 Å². The average Bonchev–Trinajstić information content (AvgIpc) is 2.39. The van der Waals surface area contributed by atoms with Gasteiger partial charge in [0, 0.05) is 0 Å². The van der Waals surface area contributed by atoms with Gasteiger partial charge in [0.15, 0.2) is 0 Å². The van der Waals surface area contributed by atoms with Gasteiger partial charge in [-0.1, -0.05) is 69.6 Å². The zero-order valence-corrected chi connectivity index (χ0v) is 12.2. The highest BCUT2D eigenvalue weighted by Gasteiger charge is 1.81. The largest absolute Gasteiger partial charge is 0.0885 e. The van der Waals surface area contributed by atoms with Gasteiger partial charge in [-0.05, 0) is 44.9 Å². The molecule has 0 spiro atoms. The summed E-state index contributed by atoms with van der Waals surface area (Å²) >= 11 is 0. The lowest BCUT2D eigenvalue weighted by Crippen LogP contribution is -1.71. The monoisotopic (exact) mass is 247 g/mol. The van der Waals surface area contributed by atoms with Crippen LogP contribution >= 0.6 is 0 Å². The summed E-state index contributed by atoms with van der Waals surface area (Å²) in [5.41, 5.74) is 0. The molecule has 0 aliphatic rings. The molecular formula is C18H31. The van der Waals surface area contributed by atoms with Gasteiger partial charge >= 0.3 is 0 Å². The zero-order chi connectivity index (χ0) is 13.3. The molecule has 103 valence electrons. The first-order valence-electron chi connectivity index (χ1n) is 7.66. The topological polar surface area (TPSA) is 0 Å². The molecule has 0 N–H and O–H groups in total. The van der Waals surface area contributed by atoms with Crippen LogP contribution in [0.5, 0.6) is 0 Å². The third kappa shape index (κ3) is 15.2. The maximum atomic E-state index is 3.83. The van der Waals surface area contributed by atoms with Crippen LogP contribution in [0.1, 0.15) is 71.1 Å². The standard InChI is InChI=1S/C18H31/c1-3-5-7-9-11-13-15-17-18-16-14-12-10-8-6-4-2/h9,11-12,14,17-18H,1,3-8,10,13,15-16H2,2H3/b11-9+,14-12+,18-17+. The molecule has 0 saturated carbocycles. The third-order valence-electron chi connectivity index (χ3n) is 2.87. The van der Waals surface area contributed by atoms with Gasteiger partial charge in [0.2, 0.25) is 0 Å². The lowest BCUT2D eigenvalue weighted by atomic mass is 10.2. The van der Waals surface area contributed by atoms with E-state index in [1.165, 1.54) is 51.4 Å². The molecule has 0 saturated heterocycles. The van der Waals surface area contributed by atoms with Crippen molar-refractivity contribution in [2.24, 2.45) is 0 Å². The summed E-state index contributed by atoms with van der Waals surface area (Å²) in [6, 6.07) is 0. The second kappa shape index (κ2) is 16.2. The molecule has 0 aromatic rings. The normalized spacial score (nSPS) is 12.3. The second-order valence-corrected chi connectivity index (χ2v) is 4.72. The van der Waals surface area contributed by atoms with Crippen LogP contribution in [-0.4, -0.2) is 0 Å². The predicted octanol–water partition coefficient (Wildman–Crippen LogP) is 6.41. The Kier molecular flexibility index (Phi) is 15.5. The highest BCUT2D eigenvalue weighted by atomic mass is 13.9. The SMILES string of the molecule is [CH2]CCC/C=C/CC/C=C/C/C=C/CCCCC. The average molecular weight is 247 g/mol. The number of allylic oxidation sites excluding steroid dienone is 6. The summed E-state index contributed by atoms with van der Waals surface area (Å²) in [7, 11) is 0. The van der Waals surface area contributed by atoms with Crippen LogP contribution in [0.25, 0.3) is 0 Å². The molecule has 0 bridgehead atoms. The molecule has 1 radical (unpaired) electrons. The first-order valence-corrected chi connectivity index (χ1v) is 7.66. The van der Waals surface area contributed by atoms with Crippen LogP contribution in [0.15, 0.2) is 36.5 Å². The summed E-state index contributed by atoms with van der Waals surface area (Å²) in [6.07, 6.45) is 25.9. The van der Waals surface area contributed by atoms with Gasteiger partial charge in [0.25, 0.3) is 0 Å². The summed E-state index contributed by atoms with van der Waals surface area (Å²) in [5.74, 6) is 0. The second-order valence-electron chi connectivity index (χ2n) is 4.72. The van der Waals surface area contributed by atoms with Crippen LogP contribution in [0.4, 0.5) is 0 Å². The molecule has 0 aliphatic carbocycles. The van der Waals surface area contributed by atoms with Gasteiger partial charge in [-0.3, -0.25) is 0 Å². The van der Waals surface area contributed by atoms with E-state index in [1.807, 2.05) is 0 Å².